The molecule has 4 aromatic heterocycles. The number of aryl methyl sites for hydroxylation is 8. The Balaban J connectivity index is 0.000000197. The summed E-state index contributed by atoms with van der Waals surface area (Å²) in [6.07, 6.45) is 0. The molecule has 0 aliphatic heterocycles. The number of rotatable bonds is 2. The van der Waals surface area contributed by atoms with Crippen LogP contribution in [0.3, 0.4) is 0 Å². The molecule has 0 aliphatic rings. The summed E-state index contributed by atoms with van der Waals surface area (Å²) in [5.74, 6) is 0. The highest BCUT2D eigenvalue weighted by molar-refractivity contribution is 7.81. The molecule has 8 rings (SSSR count). The highest BCUT2D eigenvalue weighted by Gasteiger charge is 2.07. The van der Waals surface area contributed by atoms with E-state index in [-0.39, 0.29) is 0 Å². The summed E-state index contributed by atoms with van der Waals surface area (Å²) in [5.41, 5.74) is 12.1. The summed E-state index contributed by atoms with van der Waals surface area (Å²) in [6.45, 7) is 12.5. The number of benzene rings is 4. The maximum Gasteiger partial charge on any atom is 0.217 e. The molecule has 4 aromatic carbocycles. The minimum Gasteiger partial charge on any atom is -0.726 e. The van der Waals surface area contributed by atoms with Gasteiger partial charge in [-0.25, -0.2) is 16.8 Å². The molecule has 0 unspecified atom stereocenters. The predicted molar refractivity (Wildman–Crippen MR) is 236 cm³/mol. The Hall–Kier alpha value is -5.74. The molecule has 0 radical (unpaired) electrons. The molecule has 8 aromatic rings. The lowest BCUT2D eigenvalue weighted by Gasteiger charge is -2.00. The second kappa shape index (κ2) is 22.6. The van der Waals surface area contributed by atoms with Gasteiger partial charge in [0.2, 0.25) is 31.8 Å². The fourth-order valence-electron chi connectivity index (χ4n) is 5.59. The zero-order valence-corrected chi connectivity index (χ0v) is 37.2. The van der Waals surface area contributed by atoms with Crippen LogP contribution in [0, 0.1) is 41.5 Å². The number of pyridine rings is 4. The first kappa shape index (κ1) is 48.6. The first-order valence-corrected chi connectivity index (χ1v) is 21.3. The average Bonchev–Trinajstić information content (AvgIpc) is 3.21. The first-order chi connectivity index (χ1) is 28.2. The smallest absolute Gasteiger partial charge is 0.217 e. The van der Waals surface area contributed by atoms with Gasteiger partial charge in [0.05, 0.1) is 25.3 Å². The zero-order chi connectivity index (χ0) is 44.6. The molecule has 0 amide bonds. The third-order valence-corrected chi connectivity index (χ3v) is 9.86. The quantitative estimate of drug-likeness (QED) is 0.0950. The van der Waals surface area contributed by atoms with Crippen LogP contribution >= 0.6 is 0 Å². The van der Waals surface area contributed by atoms with Crippen LogP contribution in [0.25, 0.3) is 43.6 Å². The lowest BCUT2D eigenvalue weighted by molar-refractivity contribution is -0.651. The summed E-state index contributed by atoms with van der Waals surface area (Å²) in [5, 5.41) is 5.04. The fourth-order valence-corrected chi connectivity index (χ4v) is 5.59. The van der Waals surface area contributed by atoms with Gasteiger partial charge in [0, 0.05) is 71.0 Å². The van der Waals surface area contributed by atoms with Gasteiger partial charge in [-0.05, 0) is 82.3 Å². The Kier molecular flexibility index (Phi) is 18.3. The van der Waals surface area contributed by atoms with E-state index in [1.807, 2.05) is 44.2 Å². The van der Waals surface area contributed by atoms with Gasteiger partial charge in [-0.15, -0.1) is 0 Å². The molecular weight excluding hydrogens is 801 g/mol. The van der Waals surface area contributed by atoms with E-state index in [4.69, 9.17) is 0 Å². The molecule has 0 aliphatic carbocycles. The van der Waals surface area contributed by atoms with Crippen molar-refractivity contribution in [1.82, 2.24) is 9.97 Å². The molecule has 60 heavy (non-hydrogen) atoms. The number of nitrogens with zero attached hydrogens (tertiary/aromatic N) is 4. The maximum atomic E-state index is 9.22. The number of aromatic nitrogens is 4. The molecule has 0 bridgehead atoms. The minimum atomic E-state index is -4.41. The van der Waals surface area contributed by atoms with Crippen molar-refractivity contribution in [2.75, 3.05) is 14.2 Å². The fraction of sp³-hybridized carbons (Fsp3) is 0.217. The van der Waals surface area contributed by atoms with Crippen molar-refractivity contribution in [2.24, 2.45) is 14.1 Å². The van der Waals surface area contributed by atoms with Crippen LogP contribution in [0.5, 0.6) is 0 Å². The SMILES string of the molecule is COS(=O)(=O)[O-].COS(=O)(=O)[O-].Cc1ccc2c(ccc(C)[n+]2C)c1.Cc1ccc2ccccc2[n+]1C.Cc1ccc2ccccc2n1.Cc1ccc2nc(C)ccc2c1. The van der Waals surface area contributed by atoms with Crippen LogP contribution < -0.4 is 9.13 Å². The predicted octanol–water partition coefficient (Wildman–Crippen LogP) is 7.83. The van der Waals surface area contributed by atoms with E-state index in [2.05, 4.69) is 172 Å². The highest BCUT2D eigenvalue weighted by Crippen LogP contribution is 2.15. The summed E-state index contributed by atoms with van der Waals surface area (Å²) in [6, 6.07) is 46.3. The lowest BCUT2D eigenvalue weighted by Crippen LogP contribution is -2.32. The summed E-state index contributed by atoms with van der Waals surface area (Å²) >= 11 is 0. The normalized spacial score (nSPS) is 10.7. The highest BCUT2D eigenvalue weighted by atomic mass is 32.3. The second-order valence-electron chi connectivity index (χ2n) is 13.6. The Morgan fingerprint density at radius 3 is 1.37 bits per heavy atom. The summed E-state index contributed by atoms with van der Waals surface area (Å²) < 4.78 is 66.5. The first-order valence-electron chi connectivity index (χ1n) is 18.6. The van der Waals surface area contributed by atoms with Crippen molar-refractivity contribution in [3.05, 3.63) is 167 Å². The van der Waals surface area contributed by atoms with Gasteiger partial charge in [-0.1, -0.05) is 65.7 Å². The third kappa shape index (κ3) is 16.1. The molecule has 4 heterocycles. The Labute approximate surface area is 353 Å². The van der Waals surface area contributed by atoms with Gasteiger partial charge in [-0.3, -0.25) is 18.3 Å². The van der Waals surface area contributed by atoms with E-state index >= 15 is 0 Å². The average molecular weight is 853 g/mol. The van der Waals surface area contributed by atoms with Gasteiger partial charge >= 0.3 is 0 Å². The lowest BCUT2D eigenvalue weighted by atomic mass is 10.1. The molecule has 316 valence electrons. The zero-order valence-electron chi connectivity index (χ0n) is 35.6. The van der Waals surface area contributed by atoms with Crippen molar-refractivity contribution in [2.45, 2.75) is 41.5 Å². The van der Waals surface area contributed by atoms with Crippen LogP contribution in [-0.4, -0.2) is 50.1 Å². The Morgan fingerprint density at radius 2 is 0.833 bits per heavy atom. The van der Waals surface area contributed by atoms with Crippen molar-refractivity contribution in [3.63, 3.8) is 0 Å². The molecular formula is C46H52N4O8S2. The molecule has 0 saturated carbocycles. The van der Waals surface area contributed by atoms with Crippen LogP contribution in [0.4, 0.5) is 0 Å². The van der Waals surface area contributed by atoms with Crippen LogP contribution in [-0.2, 0) is 43.3 Å². The molecule has 0 spiro atoms. The third-order valence-electron chi connectivity index (χ3n) is 9.04. The number of hydrogen-bond acceptors (Lipinski definition) is 10. The van der Waals surface area contributed by atoms with Crippen LogP contribution in [0.2, 0.25) is 0 Å². The molecule has 0 saturated heterocycles. The molecule has 0 fully saturated rings. The van der Waals surface area contributed by atoms with E-state index in [0.29, 0.717) is 0 Å². The van der Waals surface area contributed by atoms with E-state index < -0.39 is 20.8 Å². The van der Waals surface area contributed by atoms with Crippen LogP contribution in [0.15, 0.2) is 133 Å². The number of para-hydroxylation sites is 2. The van der Waals surface area contributed by atoms with Gasteiger partial charge in [-0.2, -0.15) is 9.13 Å². The van der Waals surface area contributed by atoms with Gasteiger partial charge in [0.25, 0.3) is 0 Å². The van der Waals surface area contributed by atoms with Crippen molar-refractivity contribution in [3.8, 4) is 0 Å². The molecule has 0 N–H and O–H groups in total. The van der Waals surface area contributed by atoms with E-state index in [9.17, 15) is 25.9 Å². The van der Waals surface area contributed by atoms with Gasteiger partial charge in [0.15, 0.2) is 11.4 Å². The van der Waals surface area contributed by atoms with Gasteiger partial charge in [0.1, 0.15) is 14.1 Å². The van der Waals surface area contributed by atoms with E-state index in [1.54, 1.807) is 0 Å². The van der Waals surface area contributed by atoms with Crippen molar-refractivity contribution in [1.29, 1.82) is 0 Å². The maximum absolute atomic E-state index is 9.22. The number of hydrogen-bond donors (Lipinski definition) is 0. The minimum absolute atomic E-state index is 0.808. The second-order valence-corrected chi connectivity index (χ2v) is 15.9. The van der Waals surface area contributed by atoms with Crippen molar-refractivity contribution >= 4 is 64.4 Å². The van der Waals surface area contributed by atoms with Crippen LogP contribution in [0.1, 0.15) is 33.9 Å². The molecule has 0 atom stereocenters. The topological polar surface area (TPSA) is 166 Å². The number of fused-ring (bicyclic) bond motifs is 4. The van der Waals surface area contributed by atoms with Gasteiger partial charge < -0.3 is 9.11 Å². The monoisotopic (exact) mass is 852 g/mol. The standard InChI is InChI=1S/C12H14N.C11H11N.C11H12N.C10H9N.2CH4O4S/c1-9-4-7-12-11(8-9)6-5-10(2)13(12)3;1-8-3-6-11-10(7-8)5-4-9(2)12-11;1-9-7-8-10-5-3-4-6-11(10)12(9)2;1-8-6-7-9-4-2-3-5-10(9)11-8;2*1-5-6(2,3)4/h4-8H,1-3H3;3-7H,1-2H3;3-8H,1-2H3;2-7H,1H3;2*1H3,(H,2,3,4)/q+1;;+1;;;/p-2. The Morgan fingerprint density at radius 1 is 0.450 bits per heavy atom. The van der Waals surface area contributed by atoms with E-state index in [0.717, 1.165) is 36.6 Å². The summed E-state index contributed by atoms with van der Waals surface area (Å²) in [4.78, 5) is 8.79. The molecule has 12 nitrogen and oxygen atoms in total. The van der Waals surface area contributed by atoms with E-state index in [1.165, 1.54) is 55.1 Å². The molecule has 14 heteroatoms. The largest absolute Gasteiger partial charge is 0.726 e. The summed E-state index contributed by atoms with van der Waals surface area (Å²) in [7, 11) is -3.01. The Bertz CT molecular complexity index is 2830. The van der Waals surface area contributed by atoms with Crippen molar-refractivity contribution < 1.29 is 43.4 Å².